The van der Waals surface area contributed by atoms with E-state index in [1.807, 2.05) is 0 Å². The van der Waals surface area contributed by atoms with Gasteiger partial charge in [-0.3, -0.25) is 15.8 Å². The van der Waals surface area contributed by atoms with Crippen LogP contribution in [-0.2, 0) is 32.6 Å². The van der Waals surface area contributed by atoms with E-state index in [0.29, 0.717) is 19.1 Å². The van der Waals surface area contributed by atoms with Crippen LogP contribution in [0.2, 0.25) is 0 Å². The molecule has 172 valence electrons. The third-order valence-electron chi connectivity index (χ3n) is 7.95. The van der Waals surface area contributed by atoms with Crippen molar-refractivity contribution in [2.45, 2.75) is 76.7 Å². The predicted molar refractivity (Wildman–Crippen MR) is 121 cm³/mol. The highest BCUT2D eigenvalue weighted by Gasteiger charge is 2.67. The normalized spacial score (nSPS) is 32.6. The number of benzene rings is 1. The van der Waals surface area contributed by atoms with Crippen LogP contribution < -0.4 is 11.1 Å². The quantitative estimate of drug-likeness (QED) is 0.697. The highest BCUT2D eigenvalue weighted by molar-refractivity contribution is 5.93. The molecule has 6 nitrogen and oxygen atoms in total. The van der Waals surface area contributed by atoms with Crippen LogP contribution in [-0.4, -0.2) is 50.6 Å². The van der Waals surface area contributed by atoms with Gasteiger partial charge >= 0.3 is 0 Å². The second-order valence-electron chi connectivity index (χ2n) is 10.1. The summed E-state index contributed by atoms with van der Waals surface area (Å²) in [7, 11) is 3.46. The van der Waals surface area contributed by atoms with Crippen LogP contribution in [0.15, 0.2) is 18.2 Å². The van der Waals surface area contributed by atoms with Gasteiger partial charge in [-0.1, -0.05) is 32.0 Å². The maximum atomic E-state index is 14.1. The molecule has 3 N–H and O–H groups in total. The molecule has 2 fully saturated rings. The van der Waals surface area contributed by atoms with E-state index < -0.39 is 11.8 Å². The number of nitrogens with zero attached hydrogens (tertiary/aromatic N) is 1. The average Bonchev–Trinajstić information content (AvgIpc) is 3.17. The van der Waals surface area contributed by atoms with Gasteiger partial charge in [-0.15, -0.1) is 0 Å². The lowest BCUT2D eigenvalue weighted by atomic mass is 9.61. The first-order chi connectivity index (χ1) is 14.9. The molecule has 2 aliphatic carbocycles. The van der Waals surface area contributed by atoms with Gasteiger partial charge < -0.3 is 14.4 Å². The number of hydrogen-bond donors (Lipinski definition) is 2. The molecule has 3 aliphatic rings. The third kappa shape index (κ3) is 3.71. The van der Waals surface area contributed by atoms with Crippen molar-refractivity contribution in [3.05, 3.63) is 34.9 Å². The van der Waals surface area contributed by atoms with Crippen molar-refractivity contribution >= 4 is 5.91 Å². The van der Waals surface area contributed by atoms with Gasteiger partial charge in [0.05, 0.1) is 12.7 Å². The largest absolute Gasteiger partial charge is 0.383 e. The predicted octanol–water partition coefficient (Wildman–Crippen LogP) is 2.92. The van der Waals surface area contributed by atoms with Crippen molar-refractivity contribution in [1.29, 1.82) is 0 Å². The molecule has 0 bridgehead atoms. The third-order valence-corrected chi connectivity index (χ3v) is 7.95. The first-order valence-electron chi connectivity index (χ1n) is 11.9. The van der Waals surface area contributed by atoms with E-state index in [1.54, 1.807) is 19.1 Å². The van der Waals surface area contributed by atoms with Crippen molar-refractivity contribution in [1.82, 2.24) is 10.2 Å². The number of carbonyl (C=O) groups excluding carboxylic acids is 1. The van der Waals surface area contributed by atoms with Crippen LogP contribution >= 0.6 is 0 Å². The zero-order valence-electron chi connectivity index (χ0n) is 19.6. The molecule has 0 radical (unpaired) electrons. The molecule has 2 unspecified atom stereocenters. The zero-order chi connectivity index (χ0) is 22.2. The molecule has 6 heteroatoms. The number of amides is 1. The number of nitrogens with two attached hydrogens (primary N) is 1. The number of carbonyl (C=O) groups is 1. The first kappa shape index (κ1) is 22.7. The van der Waals surface area contributed by atoms with Crippen LogP contribution in [0.25, 0.3) is 0 Å². The van der Waals surface area contributed by atoms with Gasteiger partial charge in [0.1, 0.15) is 11.8 Å². The molecule has 2 spiro atoms. The van der Waals surface area contributed by atoms with Gasteiger partial charge in [0, 0.05) is 26.2 Å². The molecule has 1 aromatic carbocycles. The van der Waals surface area contributed by atoms with Gasteiger partial charge in [0.25, 0.3) is 5.91 Å². The Morgan fingerprint density at radius 3 is 2.65 bits per heavy atom. The Balaban J connectivity index is 1.75. The Morgan fingerprint density at radius 1 is 1.26 bits per heavy atom. The van der Waals surface area contributed by atoms with Gasteiger partial charge in [-0.25, -0.2) is 0 Å². The fraction of sp³-hybridized carbons (Fsp3) is 0.720. The van der Waals surface area contributed by atoms with Crippen molar-refractivity contribution in [2.75, 3.05) is 27.4 Å². The second-order valence-corrected chi connectivity index (χ2v) is 10.1. The Bertz CT molecular complexity index is 803. The van der Waals surface area contributed by atoms with Crippen molar-refractivity contribution in [3.8, 4) is 0 Å². The number of nitrogens with one attached hydrogen (secondary N) is 1. The molecule has 4 rings (SSSR count). The smallest absolute Gasteiger partial charge is 0.250 e. The average molecular weight is 430 g/mol. The summed E-state index contributed by atoms with van der Waals surface area (Å²) in [6.07, 6.45) is 6.78. The van der Waals surface area contributed by atoms with E-state index in [2.05, 4.69) is 37.4 Å². The summed E-state index contributed by atoms with van der Waals surface area (Å²) in [6, 6.07) is 6.82. The fourth-order valence-corrected chi connectivity index (χ4v) is 6.16. The molecule has 2 atom stereocenters. The fourth-order valence-electron chi connectivity index (χ4n) is 6.16. The summed E-state index contributed by atoms with van der Waals surface area (Å²) in [4.78, 5) is 15.9. The van der Waals surface area contributed by atoms with Crippen molar-refractivity contribution < 1.29 is 14.3 Å². The number of fused-ring (bicyclic) bond motifs is 3. The highest BCUT2D eigenvalue weighted by atomic mass is 16.5. The maximum absolute atomic E-state index is 14.1. The molecule has 1 aliphatic heterocycles. The van der Waals surface area contributed by atoms with Crippen molar-refractivity contribution in [3.63, 3.8) is 0 Å². The van der Waals surface area contributed by atoms with E-state index in [-0.39, 0.29) is 17.4 Å². The summed E-state index contributed by atoms with van der Waals surface area (Å²) in [6.45, 7) is 5.50. The topological polar surface area (TPSA) is 76.8 Å². The van der Waals surface area contributed by atoms with Crippen LogP contribution in [0.4, 0.5) is 0 Å². The Kier molecular flexibility index (Phi) is 6.46. The Labute approximate surface area is 186 Å². The van der Waals surface area contributed by atoms with Gasteiger partial charge in [-0.05, 0) is 67.6 Å². The minimum Gasteiger partial charge on any atom is -0.383 e. The molecule has 1 saturated heterocycles. The van der Waals surface area contributed by atoms with Crippen LogP contribution in [0, 0.1) is 11.3 Å². The van der Waals surface area contributed by atoms with E-state index in [4.69, 9.17) is 15.2 Å². The number of ether oxygens (including phenoxy) is 2. The summed E-state index contributed by atoms with van der Waals surface area (Å²) in [5.41, 5.74) is 9.38. The zero-order valence-corrected chi connectivity index (χ0v) is 19.6. The maximum Gasteiger partial charge on any atom is 0.250 e. The summed E-state index contributed by atoms with van der Waals surface area (Å²) in [5.74, 6) is 0.773. The number of aryl methyl sites for hydroxylation is 1. The second kappa shape index (κ2) is 8.81. The van der Waals surface area contributed by atoms with Crippen LogP contribution in [0.3, 0.4) is 0 Å². The minimum atomic E-state index is -0.748. The van der Waals surface area contributed by atoms with E-state index in [9.17, 15) is 4.79 Å². The van der Waals surface area contributed by atoms with Gasteiger partial charge in [0.15, 0.2) is 0 Å². The van der Waals surface area contributed by atoms with Gasteiger partial charge in [0.2, 0.25) is 0 Å². The molecule has 1 amide bonds. The lowest BCUT2D eigenvalue weighted by Gasteiger charge is -2.46. The molecule has 0 aromatic heterocycles. The highest BCUT2D eigenvalue weighted by Crippen LogP contribution is 2.60. The van der Waals surface area contributed by atoms with Gasteiger partial charge in [-0.2, -0.15) is 0 Å². The number of hydrogen-bond acceptors (Lipinski definition) is 5. The molecular weight excluding hydrogens is 390 g/mol. The molecule has 1 saturated carbocycles. The summed E-state index contributed by atoms with van der Waals surface area (Å²) >= 11 is 0. The van der Waals surface area contributed by atoms with E-state index >= 15 is 0 Å². The summed E-state index contributed by atoms with van der Waals surface area (Å²) < 4.78 is 10.9. The Morgan fingerprint density at radius 2 is 2.00 bits per heavy atom. The lowest BCUT2D eigenvalue weighted by Crippen LogP contribution is -2.57. The molecule has 1 heterocycles. The van der Waals surface area contributed by atoms with Crippen molar-refractivity contribution in [2.24, 2.45) is 17.1 Å². The SMILES string of the molecule is COCCN1C(=O)C2(NC1N)c1cc(CCC(C)C)ccc1CC21CCC(OC)CC1. The first-order valence-corrected chi connectivity index (χ1v) is 11.9. The lowest BCUT2D eigenvalue weighted by molar-refractivity contribution is -0.140. The molecular formula is C25H39N3O3. The van der Waals surface area contributed by atoms with E-state index in [1.165, 1.54) is 11.1 Å². The Hall–Kier alpha value is -1.47. The minimum absolute atomic E-state index is 0.118. The monoisotopic (exact) mass is 429 g/mol. The number of rotatable bonds is 7. The van der Waals surface area contributed by atoms with Crippen LogP contribution in [0.5, 0.6) is 0 Å². The number of methoxy groups -OCH3 is 2. The molecule has 31 heavy (non-hydrogen) atoms. The van der Waals surface area contributed by atoms with Crippen LogP contribution in [0.1, 0.15) is 62.6 Å². The van der Waals surface area contributed by atoms with E-state index in [0.717, 1.165) is 50.5 Å². The summed E-state index contributed by atoms with van der Waals surface area (Å²) in [5, 5.41) is 3.64. The standard InChI is InChI=1S/C25H39N3O3/c1-17(2)5-6-18-7-8-19-16-24(11-9-20(31-4)10-12-24)25(21(19)15-18)22(29)28(13-14-30-3)23(26)27-25/h7-8,15,17,20,23,27H,5-6,9-14,16,26H2,1-4H3. The molecule has 1 aromatic rings.